The highest BCUT2D eigenvalue weighted by atomic mass is 16.2. The Labute approximate surface area is 142 Å². The van der Waals surface area contributed by atoms with Gasteiger partial charge in [-0.1, -0.05) is 48.0 Å². The Morgan fingerprint density at radius 1 is 1.08 bits per heavy atom. The van der Waals surface area contributed by atoms with Gasteiger partial charge in [-0.05, 0) is 31.5 Å². The molecule has 0 bridgehead atoms. The van der Waals surface area contributed by atoms with Gasteiger partial charge in [0.05, 0.1) is 18.6 Å². The van der Waals surface area contributed by atoms with Gasteiger partial charge in [-0.2, -0.15) is 0 Å². The summed E-state index contributed by atoms with van der Waals surface area (Å²) in [5, 5.41) is 0. The number of aryl methyl sites for hydroxylation is 1. The van der Waals surface area contributed by atoms with Gasteiger partial charge in [0.2, 0.25) is 0 Å². The normalized spacial score (nSPS) is 12.0. The zero-order chi connectivity index (χ0) is 17.1. The van der Waals surface area contributed by atoms with E-state index in [1.165, 1.54) is 5.56 Å². The molecule has 0 aliphatic carbocycles. The standard InChI is InChI=1S/C20H21N3O/c1-15-9-11-18(12-10-15)22(3)20(24)19-13-21-14-23(19)16(2)17-7-5-4-6-8-17/h4-14,16H,1-3H3/t16-/m1/s1. The van der Waals surface area contributed by atoms with Gasteiger partial charge in [0.1, 0.15) is 5.69 Å². The molecule has 3 rings (SSSR count). The molecule has 0 fully saturated rings. The maximum absolute atomic E-state index is 12.9. The number of amides is 1. The minimum absolute atomic E-state index is 0.0408. The fraction of sp³-hybridized carbons (Fsp3) is 0.200. The van der Waals surface area contributed by atoms with Crippen LogP contribution in [0.4, 0.5) is 5.69 Å². The summed E-state index contributed by atoms with van der Waals surface area (Å²) in [6.07, 6.45) is 3.35. The van der Waals surface area contributed by atoms with Crippen molar-refractivity contribution in [3.05, 3.63) is 83.9 Å². The van der Waals surface area contributed by atoms with Crippen LogP contribution >= 0.6 is 0 Å². The number of imidazole rings is 1. The van der Waals surface area contributed by atoms with E-state index in [-0.39, 0.29) is 11.9 Å². The van der Waals surface area contributed by atoms with Gasteiger partial charge >= 0.3 is 0 Å². The van der Waals surface area contributed by atoms with Crippen molar-refractivity contribution < 1.29 is 4.79 Å². The minimum atomic E-state index is -0.0702. The summed E-state index contributed by atoms with van der Waals surface area (Å²) in [5.74, 6) is -0.0702. The van der Waals surface area contributed by atoms with E-state index in [1.54, 1.807) is 24.5 Å². The quantitative estimate of drug-likeness (QED) is 0.727. The molecule has 1 heterocycles. The zero-order valence-electron chi connectivity index (χ0n) is 14.2. The van der Waals surface area contributed by atoms with Crippen LogP contribution in [-0.2, 0) is 0 Å². The maximum atomic E-state index is 12.9. The van der Waals surface area contributed by atoms with E-state index in [1.807, 2.05) is 54.0 Å². The van der Waals surface area contributed by atoms with E-state index in [0.717, 1.165) is 11.3 Å². The highest BCUT2D eigenvalue weighted by molar-refractivity contribution is 6.04. The topological polar surface area (TPSA) is 38.1 Å². The van der Waals surface area contributed by atoms with Crippen LogP contribution in [0.5, 0.6) is 0 Å². The van der Waals surface area contributed by atoms with Crippen LogP contribution in [-0.4, -0.2) is 22.5 Å². The number of nitrogens with zero attached hydrogens (tertiary/aromatic N) is 3. The molecular weight excluding hydrogens is 298 g/mol. The fourth-order valence-electron chi connectivity index (χ4n) is 2.73. The van der Waals surface area contributed by atoms with E-state index >= 15 is 0 Å². The summed E-state index contributed by atoms with van der Waals surface area (Å²) in [4.78, 5) is 18.8. The third-order valence-corrected chi connectivity index (χ3v) is 4.31. The van der Waals surface area contributed by atoms with Crippen LogP contribution < -0.4 is 4.90 Å². The van der Waals surface area contributed by atoms with Crippen molar-refractivity contribution in [2.24, 2.45) is 0 Å². The number of hydrogen-bond donors (Lipinski definition) is 0. The van der Waals surface area contributed by atoms with Crippen LogP contribution in [0, 0.1) is 6.92 Å². The van der Waals surface area contributed by atoms with Crippen LogP contribution in [0.2, 0.25) is 0 Å². The second-order valence-electron chi connectivity index (χ2n) is 5.97. The first kappa shape index (κ1) is 16.0. The first-order valence-corrected chi connectivity index (χ1v) is 7.99. The van der Waals surface area contributed by atoms with Gasteiger partial charge in [-0.3, -0.25) is 4.79 Å². The summed E-state index contributed by atoms with van der Waals surface area (Å²) in [6.45, 7) is 4.10. The number of rotatable bonds is 4. The summed E-state index contributed by atoms with van der Waals surface area (Å²) in [6, 6.07) is 18.1. The minimum Gasteiger partial charge on any atom is -0.319 e. The molecule has 0 aliphatic rings. The average molecular weight is 319 g/mol. The van der Waals surface area contributed by atoms with Gasteiger partial charge in [-0.15, -0.1) is 0 Å². The van der Waals surface area contributed by atoms with E-state index in [4.69, 9.17) is 0 Å². The van der Waals surface area contributed by atoms with Crippen molar-refractivity contribution in [3.8, 4) is 0 Å². The van der Waals surface area contributed by atoms with E-state index in [0.29, 0.717) is 5.69 Å². The number of benzene rings is 2. The third-order valence-electron chi connectivity index (χ3n) is 4.31. The number of aromatic nitrogens is 2. The molecule has 0 spiro atoms. The smallest absolute Gasteiger partial charge is 0.276 e. The number of anilines is 1. The number of carbonyl (C=O) groups is 1. The molecule has 4 nitrogen and oxygen atoms in total. The van der Waals surface area contributed by atoms with Crippen LogP contribution in [0.3, 0.4) is 0 Å². The predicted octanol–water partition coefficient (Wildman–Crippen LogP) is 4.08. The summed E-state index contributed by atoms with van der Waals surface area (Å²) < 4.78 is 1.92. The lowest BCUT2D eigenvalue weighted by atomic mass is 10.1. The van der Waals surface area contributed by atoms with Gasteiger partial charge in [-0.25, -0.2) is 4.98 Å². The van der Waals surface area contributed by atoms with Crippen molar-refractivity contribution in [3.63, 3.8) is 0 Å². The lowest BCUT2D eigenvalue weighted by Crippen LogP contribution is -2.29. The molecule has 0 unspecified atom stereocenters. The van der Waals surface area contributed by atoms with Crippen molar-refractivity contribution >= 4 is 11.6 Å². The predicted molar refractivity (Wildman–Crippen MR) is 96.4 cm³/mol. The molecule has 1 amide bonds. The molecule has 0 saturated heterocycles. The summed E-state index contributed by atoms with van der Waals surface area (Å²) in [5.41, 5.74) is 3.75. The SMILES string of the molecule is Cc1ccc(N(C)C(=O)c2cncn2[C@H](C)c2ccccc2)cc1. The highest BCUT2D eigenvalue weighted by Gasteiger charge is 2.20. The first-order valence-electron chi connectivity index (χ1n) is 7.99. The van der Waals surface area contributed by atoms with E-state index < -0.39 is 0 Å². The van der Waals surface area contributed by atoms with Crippen LogP contribution in [0.1, 0.15) is 34.6 Å². The molecule has 4 heteroatoms. The highest BCUT2D eigenvalue weighted by Crippen LogP contribution is 2.22. The first-order chi connectivity index (χ1) is 11.6. The molecule has 0 radical (unpaired) electrons. The van der Waals surface area contributed by atoms with Crippen molar-refractivity contribution in [1.82, 2.24) is 9.55 Å². The van der Waals surface area contributed by atoms with E-state index in [9.17, 15) is 4.79 Å². The van der Waals surface area contributed by atoms with E-state index in [2.05, 4.69) is 24.0 Å². The largest absolute Gasteiger partial charge is 0.319 e. The molecule has 0 N–H and O–H groups in total. The van der Waals surface area contributed by atoms with Gasteiger partial charge in [0, 0.05) is 12.7 Å². The lowest BCUT2D eigenvalue weighted by molar-refractivity contribution is 0.0983. The Kier molecular flexibility index (Phi) is 4.47. The zero-order valence-corrected chi connectivity index (χ0v) is 14.2. The molecule has 1 aromatic heterocycles. The molecular formula is C20H21N3O. The molecule has 1 atom stereocenters. The molecule has 24 heavy (non-hydrogen) atoms. The molecule has 122 valence electrons. The molecule has 2 aromatic carbocycles. The van der Waals surface area contributed by atoms with Crippen molar-refractivity contribution in [1.29, 1.82) is 0 Å². The Balaban J connectivity index is 1.89. The second kappa shape index (κ2) is 6.71. The molecule has 3 aromatic rings. The maximum Gasteiger partial charge on any atom is 0.276 e. The van der Waals surface area contributed by atoms with Crippen molar-refractivity contribution in [2.45, 2.75) is 19.9 Å². The monoisotopic (exact) mass is 319 g/mol. The summed E-state index contributed by atoms with van der Waals surface area (Å²) >= 11 is 0. The Hall–Kier alpha value is -2.88. The van der Waals surface area contributed by atoms with Gasteiger partial charge in [0.15, 0.2) is 0 Å². The third kappa shape index (κ3) is 3.08. The van der Waals surface area contributed by atoms with Crippen LogP contribution in [0.15, 0.2) is 67.1 Å². The number of carbonyl (C=O) groups excluding carboxylic acids is 1. The molecule has 0 saturated carbocycles. The Morgan fingerprint density at radius 2 is 1.75 bits per heavy atom. The lowest BCUT2D eigenvalue weighted by Gasteiger charge is -2.21. The van der Waals surface area contributed by atoms with Crippen LogP contribution in [0.25, 0.3) is 0 Å². The Morgan fingerprint density at radius 3 is 2.42 bits per heavy atom. The molecule has 0 aliphatic heterocycles. The number of hydrogen-bond acceptors (Lipinski definition) is 2. The van der Waals surface area contributed by atoms with Gasteiger partial charge in [0.25, 0.3) is 5.91 Å². The average Bonchev–Trinajstić information content (AvgIpc) is 3.11. The van der Waals surface area contributed by atoms with Gasteiger partial charge < -0.3 is 9.47 Å². The second-order valence-corrected chi connectivity index (χ2v) is 5.97. The van der Waals surface area contributed by atoms with Crippen molar-refractivity contribution in [2.75, 3.05) is 11.9 Å². The summed E-state index contributed by atoms with van der Waals surface area (Å²) in [7, 11) is 1.79. The Bertz CT molecular complexity index is 822. The fourth-order valence-corrected chi connectivity index (χ4v) is 2.73.